The van der Waals surface area contributed by atoms with E-state index >= 15 is 0 Å². The minimum atomic E-state index is -0.926. The molecule has 1 amide bonds. The Hall–Kier alpha value is -2.14. The molecule has 0 aliphatic heterocycles. The molecule has 2 aromatic carbocycles. The van der Waals surface area contributed by atoms with Gasteiger partial charge in [0.15, 0.2) is 0 Å². The van der Waals surface area contributed by atoms with Crippen LogP contribution in [0.5, 0.6) is 0 Å². The van der Waals surface area contributed by atoms with E-state index in [2.05, 4.69) is 21.2 Å². The molecule has 2 aromatic rings. The first-order chi connectivity index (χ1) is 10.0. The van der Waals surface area contributed by atoms with Crippen molar-refractivity contribution in [3.63, 3.8) is 0 Å². The number of anilines is 1. The van der Waals surface area contributed by atoms with E-state index in [0.717, 1.165) is 10.0 Å². The first kappa shape index (κ1) is 15.3. The number of hydrogen-bond acceptors (Lipinski definition) is 2. The van der Waals surface area contributed by atoms with E-state index in [4.69, 9.17) is 5.11 Å². The Balaban J connectivity index is 2.05. The summed E-state index contributed by atoms with van der Waals surface area (Å²) >= 11 is 3.34. The zero-order chi connectivity index (χ0) is 15.2. The quantitative estimate of drug-likeness (QED) is 0.872. The van der Waals surface area contributed by atoms with Gasteiger partial charge in [-0.3, -0.25) is 9.59 Å². The minimum absolute atomic E-state index is 0.116. The summed E-state index contributed by atoms with van der Waals surface area (Å²) < 4.78 is 0.957. The first-order valence-electron chi connectivity index (χ1n) is 6.38. The van der Waals surface area contributed by atoms with Crippen molar-refractivity contribution in [1.82, 2.24) is 0 Å². The average Bonchev–Trinajstić information content (AvgIpc) is 2.43. The van der Waals surface area contributed by atoms with Gasteiger partial charge in [-0.1, -0.05) is 46.3 Å². The number of aliphatic carboxylic acids is 1. The van der Waals surface area contributed by atoms with Crippen molar-refractivity contribution in [2.75, 3.05) is 5.32 Å². The van der Waals surface area contributed by atoms with Crippen molar-refractivity contribution in [3.8, 4) is 0 Å². The maximum atomic E-state index is 12.0. The molecule has 0 saturated carbocycles. The van der Waals surface area contributed by atoms with Gasteiger partial charge in [0.25, 0.3) is 0 Å². The zero-order valence-corrected chi connectivity index (χ0v) is 12.8. The van der Waals surface area contributed by atoms with Gasteiger partial charge in [-0.05, 0) is 29.3 Å². The Morgan fingerprint density at radius 1 is 1.00 bits per heavy atom. The molecule has 2 rings (SSSR count). The van der Waals surface area contributed by atoms with E-state index in [9.17, 15) is 9.59 Å². The number of halogens is 1. The highest BCUT2D eigenvalue weighted by Crippen LogP contribution is 2.17. The molecule has 0 bridgehead atoms. The molecule has 0 fully saturated rings. The molecule has 21 heavy (non-hydrogen) atoms. The highest BCUT2D eigenvalue weighted by Gasteiger charge is 2.09. The largest absolute Gasteiger partial charge is 0.481 e. The lowest BCUT2D eigenvalue weighted by Crippen LogP contribution is -2.16. The molecule has 0 unspecified atom stereocenters. The molecular formula is C16H14BrNO3. The van der Waals surface area contributed by atoms with Gasteiger partial charge >= 0.3 is 5.97 Å². The minimum Gasteiger partial charge on any atom is -0.481 e. The lowest BCUT2D eigenvalue weighted by molar-refractivity contribution is -0.136. The maximum Gasteiger partial charge on any atom is 0.307 e. The third-order valence-electron chi connectivity index (χ3n) is 2.91. The molecule has 108 valence electrons. The van der Waals surface area contributed by atoms with Crippen LogP contribution in [0.25, 0.3) is 0 Å². The summed E-state index contributed by atoms with van der Waals surface area (Å²) in [5.74, 6) is -1.10. The molecule has 0 radical (unpaired) electrons. The van der Waals surface area contributed by atoms with Gasteiger partial charge in [0, 0.05) is 10.2 Å². The fourth-order valence-electron chi connectivity index (χ4n) is 1.94. The second-order valence-corrected chi connectivity index (χ2v) is 5.49. The van der Waals surface area contributed by atoms with Crippen LogP contribution < -0.4 is 5.32 Å². The van der Waals surface area contributed by atoms with Gasteiger partial charge in [-0.25, -0.2) is 0 Å². The van der Waals surface area contributed by atoms with E-state index in [1.165, 1.54) is 0 Å². The molecule has 5 heteroatoms. The molecule has 0 aliphatic carbocycles. The summed E-state index contributed by atoms with van der Waals surface area (Å²) in [5.41, 5.74) is 2.03. The predicted molar refractivity (Wildman–Crippen MR) is 84.3 cm³/mol. The van der Waals surface area contributed by atoms with Gasteiger partial charge in [-0.2, -0.15) is 0 Å². The van der Waals surface area contributed by atoms with Crippen LogP contribution in [0.4, 0.5) is 5.69 Å². The van der Waals surface area contributed by atoms with Crippen LogP contribution in [0.2, 0.25) is 0 Å². The van der Waals surface area contributed by atoms with E-state index in [1.54, 1.807) is 24.3 Å². The molecule has 2 N–H and O–H groups in total. The summed E-state index contributed by atoms with van der Waals surface area (Å²) in [6.45, 7) is 0. The van der Waals surface area contributed by atoms with Crippen LogP contribution in [-0.2, 0) is 22.4 Å². The van der Waals surface area contributed by atoms with Crippen LogP contribution in [0.15, 0.2) is 53.0 Å². The van der Waals surface area contributed by atoms with Crippen molar-refractivity contribution in [1.29, 1.82) is 0 Å². The maximum absolute atomic E-state index is 12.0. The summed E-state index contributed by atoms with van der Waals surface area (Å²) in [5, 5.41) is 11.6. The molecule has 4 nitrogen and oxygen atoms in total. The number of benzene rings is 2. The predicted octanol–water partition coefficient (Wildman–Crippen LogP) is 3.26. The van der Waals surface area contributed by atoms with E-state index in [0.29, 0.717) is 11.3 Å². The van der Waals surface area contributed by atoms with Crippen LogP contribution in [0.3, 0.4) is 0 Å². The molecule has 0 atom stereocenters. The number of carbonyl (C=O) groups excluding carboxylic acids is 1. The number of nitrogens with one attached hydrogen (secondary N) is 1. The van der Waals surface area contributed by atoms with Crippen molar-refractivity contribution in [2.24, 2.45) is 0 Å². The van der Waals surface area contributed by atoms with Crippen molar-refractivity contribution in [3.05, 3.63) is 64.1 Å². The summed E-state index contributed by atoms with van der Waals surface area (Å²) in [6, 6.07) is 14.4. The van der Waals surface area contributed by atoms with E-state index in [1.807, 2.05) is 24.3 Å². The molecular weight excluding hydrogens is 334 g/mol. The Kier molecular flexibility index (Phi) is 5.11. The van der Waals surface area contributed by atoms with Crippen LogP contribution in [0, 0.1) is 0 Å². The van der Waals surface area contributed by atoms with Crippen molar-refractivity contribution >= 4 is 33.5 Å². The molecule has 0 aliphatic rings. The number of carboxylic acids is 1. The number of carbonyl (C=O) groups is 2. The summed E-state index contributed by atoms with van der Waals surface area (Å²) in [6.07, 6.45) is 0.128. The van der Waals surface area contributed by atoms with Crippen molar-refractivity contribution < 1.29 is 14.7 Å². The van der Waals surface area contributed by atoms with E-state index < -0.39 is 5.97 Å². The summed E-state index contributed by atoms with van der Waals surface area (Å²) in [7, 11) is 0. The SMILES string of the molecule is O=C(O)Cc1ccccc1NC(=O)Cc1ccc(Br)cc1. The number of amides is 1. The normalized spacial score (nSPS) is 10.1. The fraction of sp³-hybridized carbons (Fsp3) is 0.125. The molecule has 0 aromatic heterocycles. The van der Waals surface area contributed by atoms with Gasteiger partial charge < -0.3 is 10.4 Å². The third-order valence-corrected chi connectivity index (χ3v) is 3.44. The van der Waals surface area contributed by atoms with Crippen LogP contribution in [-0.4, -0.2) is 17.0 Å². The molecule has 0 spiro atoms. The lowest BCUT2D eigenvalue weighted by Gasteiger charge is -2.09. The smallest absolute Gasteiger partial charge is 0.307 e. The highest BCUT2D eigenvalue weighted by atomic mass is 79.9. The lowest BCUT2D eigenvalue weighted by atomic mass is 10.1. The summed E-state index contributed by atoms with van der Waals surface area (Å²) in [4.78, 5) is 22.8. The second kappa shape index (κ2) is 7.04. The average molecular weight is 348 g/mol. The third kappa shape index (κ3) is 4.72. The molecule has 0 saturated heterocycles. The molecule has 0 heterocycles. The Labute approximate surface area is 130 Å². The van der Waals surface area contributed by atoms with Gasteiger partial charge in [0.2, 0.25) is 5.91 Å². The Bertz CT molecular complexity index is 653. The number of rotatable bonds is 5. The van der Waals surface area contributed by atoms with Crippen molar-refractivity contribution in [2.45, 2.75) is 12.8 Å². The monoisotopic (exact) mass is 347 g/mol. The van der Waals surface area contributed by atoms with Gasteiger partial charge in [0.1, 0.15) is 0 Å². The fourth-order valence-corrected chi connectivity index (χ4v) is 2.21. The first-order valence-corrected chi connectivity index (χ1v) is 7.18. The van der Waals surface area contributed by atoms with Crippen LogP contribution >= 0.6 is 15.9 Å². The van der Waals surface area contributed by atoms with Crippen LogP contribution in [0.1, 0.15) is 11.1 Å². The standard InChI is InChI=1S/C16H14BrNO3/c17-13-7-5-11(6-8-13)9-15(19)18-14-4-2-1-3-12(14)10-16(20)21/h1-8H,9-10H2,(H,18,19)(H,20,21). The Morgan fingerprint density at radius 2 is 1.67 bits per heavy atom. The number of carboxylic acid groups (broad SMARTS) is 1. The second-order valence-electron chi connectivity index (χ2n) is 4.58. The highest BCUT2D eigenvalue weighted by molar-refractivity contribution is 9.10. The van der Waals surface area contributed by atoms with E-state index in [-0.39, 0.29) is 18.7 Å². The Morgan fingerprint density at radius 3 is 2.33 bits per heavy atom. The van der Waals surface area contributed by atoms with Gasteiger partial charge in [-0.15, -0.1) is 0 Å². The topological polar surface area (TPSA) is 66.4 Å². The zero-order valence-electron chi connectivity index (χ0n) is 11.2. The van der Waals surface area contributed by atoms with Gasteiger partial charge in [0.05, 0.1) is 12.8 Å². The number of para-hydroxylation sites is 1. The number of hydrogen-bond donors (Lipinski definition) is 2.